The predicted octanol–water partition coefficient (Wildman–Crippen LogP) is 1.06. The molecule has 1 aliphatic rings. The van der Waals surface area contributed by atoms with Crippen LogP contribution in [0.4, 0.5) is 0 Å². The normalized spacial score (nSPS) is 15.2. The minimum Gasteiger partial charge on any atom is -0.351 e. The van der Waals surface area contributed by atoms with E-state index in [9.17, 15) is 9.59 Å². The van der Waals surface area contributed by atoms with Crippen LogP contribution in [-0.2, 0) is 4.79 Å². The molecule has 0 unspecified atom stereocenters. The highest BCUT2D eigenvalue weighted by atomic mass is 16.2. The Balaban J connectivity index is 1.61. The zero-order valence-electron chi connectivity index (χ0n) is 13.3. The summed E-state index contributed by atoms with van der Waals surface area (Å²) in [6.45, 7) is 3.06. The fraction of sp³-hybridized carbons (Fsp3) is 0.412. The molecule has 6 heteroatoms. The van der Waals surface area contributed by atoms with Crippen molar-refractivity contribution in [1.82, 2.24) is 20.1 Å². The van der Waals surface area contributed by atoms with Crippen LogP contribution in [0.5, 0.6) is 0 Å². The summed E-state index contributed by atoms with van der Waals surface area (Å²) in [5.41, 5.74) is 1.58. The van der Waals surface area contributed by atoms with Crippen molar-refractivity contribution in [3.63, 3.8) is 0 Å². The largest absolute Gasteiger partial charge is 0.351 e. The molecule has 23 heavy (non-hydrogen) atoms. The van der Waals surface area contributed by atoms with Crippen LogP contribution in [0.3, 0.4) is 0 Å². The van der Waals surface area contributed by atoms with Gasteiger partial charge in [-0.3, -0.25) is 9.59 Å². The Hall–Kier alpha value is -2.34. The number of carbonyl (C=O) groups is 2. The second kappa shape index (κ2) is 6.83. The molecule has 0 bridgehead atoms. The molecule has 2 heterocycles. The summed E-state index contributed by atoms with van der Waals surface area (Å²) in [5, 5.41) is 4.02. The number of amides is 2. The lowest BCUT2D eigenvalue weighted by Gasteiger charge is -2.34. The minimum atomic E-state index is 0.00326. The molecule has 1 aliphatic heterocycles. The first-order chi connectivity index (χ1) is 11.2. The van der Waals surface area contributed by atoms with Gasteiger partial charge in [0.05, 0.1) is 0 Å². The topological polar surface area (TPSA) is 68.4 Å². The number of fused-ring (bicyclic) bond motifs is 1. The molecule has 2 N–H and O–H groups in total. The molecule has 122 valence electrons. The summed E-state index contributed by atoms with van der Waals surface area (Å²) >= 11 is 0. The van der Waals surface area contributed by atoms with Gasteiger partial charge in [-0.15, -0.1) is 0 Å². The molecule has 6 nitrogen and oxygen atoms in total. The van der Waals surface area contributed by atoms with Gasteiger partial charge in [-0.2, -0.15) is 0 Å². The van der Waals surface area contributed by atoms with Gasteiger partial charge in [0.25, 0.3) is 5.91 Å². The van der Waals surface area contributed by atoms with Crippen molar-refractivity contribution in [2.45, 2.75) is 6.42 Å². The second-order valence-electron chi connectivity index (χ2n) is 5.80. The molecule has 3 rings (SSSR count). The number of nitrogens with one attached hydrogen (secondary N) is 2. The third-order valence-electron chi connectivity index (χ3n) is 4.27. The highest BCUT2D eigenvalue weighted by Gasteiger charge is 2.25. The van der Waals surface area contributed by atoms with Crippen LogP contribution in [0.25, 0.3) is 10.9 Å². The van der Waals surface area contributed by atoms with Gasteiger partial charge in [0.1, 0.15) is 5.69 Å². The molecule has 1 fully saturated rings. The zero-order chi connectivity index (χ0) is 16.2. The van der Waals surface area contributed by atoms with Crippen LogP contribution < -0.4 is 5.32 Å². The van der Waals surface area contributed by atoms with E-state index >= 15 is 0 Å². The van der Waals surface area contributed by atoms with E-state index in [4.69, 9.17) is 0 Å². The van der Waals surface area contributed by atoms with Gasteiger partial charge >= 0.3 is 0 Å². The maximum atomic E-state index is 12.6. The lowest BCUT2D eigenvalue weighted by Crippen LogP contribution is -2.51. The van der Waals surface area contributed by atoms with Gasteiger partial charge in [-0.1, -0.05) is 18.2 Å². The summed E-state index contributed by atoms with van der Waals surface area (Å²) < 4.78 is 0. The molecule has 0 spiro atoms. The van der Waals surface area contributed by atoms with Crippen molar-refractivity contribution < 1.29 is 9.59 Å². The number of H-pyrrole nitrogens is 1. The van der Waals surface area contributed by atoms with E-state index in [1.165, 1.54) is 0 Å². The van der Waals surface area contributed by atoms with Crippen LogP contribution in [-0.4, -0.2) is 66.4 Å². The lowest BCUT2D eigenvalue weighted by atomic mass is 10.2. The highest BCUT2D eigenvalue weighted by Crippen LogP contribution is 2.17. The van der Waals surface area contributed by atoms with Gasteiger partial charge < -0.3 is 20.1 Å². The SMILES string of the molecule is CNCCC(=O)N1CCN(C(=O)c2cc3ccccc3[nH]2)CC1. The van der Waals surface area contributed by atoms with E-state index in [1.807, 2.05) is 47.2 Å². The first-order valence-corrected chi connectivity index (χ1v) is 7.98. The Morgan fingerprint density at radius 3 is 2.52 bits per heavy atom. The Bertz CT molecular complexity index is 668. The number of carbonyl (C=O) groups excluding carboxylic acids is 2. The summed E-state index contributed by atoms with van der Waals surface area (Å²) in [7, 11) is 1.84. The Morgan fingerprint density at radius 2 is 1.83 bits per heavy atom. The summed E-state index contributed by atoms with van der Waals surface area (Å²) in [5.74, 6) is 0.153. The van der Waals surface area contributed by atoms with Crippen molar-refractivity contribution in [2.24, 2.45) is 0 Å². The maximum absolute atomic E-state index is 12.6. The molecule has 2 amide bonds. The molecule has 0 saturated carbocycles. The number of hydrogen-bond donors (Lipinski definition) is 2. The van der Waals surface area contributed by atoms with Crippen LogP contribution in [0.2, 0.25) is 0 Å². The van der Waals surface area contributed by atoms with E-state index in [0.29, 0.717) is 44.8 Å². The number of benzene rings is 1. The van der Waals surface area contributed by atoms with Crippen LogP contribution in [0.15, 0.2) is 30.3 Å². The summed E-state index contributed by atoms with van der Waals surface area (Å²) in [4.78, 5) is 31.4. The maximum Gasteiger partial charge on any atom is 0.270 e. The zero-order valence-corrected chi connectivity index (χ0v) is 13.3. The average Bonchev–Trinajstić information content (AvgIpc) is 3.03. The van der Waals surface area contributed by atoms with E-state index in [2.05, 4.69) is 10.3 Å². The Labute approximate surface area is 135 Å². The van der Waals surface area contributed by atoms with E-state index in [-0.39, 0.29) is 11.8 Å². The number of aromatic amines is 1. The quantitative estimate of drug-likeness (QED) is 0.887. The van der Waals surface area contributed by atoms with E-state index in [0.717, 1.165) is 10.9 Å². The number of hydrogen-bond acceptors (Lipinski definition) is 3. The lowest BCUT2D eigenvalue weighted by molar-refractivity contribution is -0.132. The average molecular weight is 314 g/mol. The van der Waals surface area contributed by atoms with Crippen molar-refractivity contribution in [2.75, 3.05) is 39.8 Å². The number of nitrogens with zero attached hydrogens (tertiary/aromatic N) is 2. The molecule has 0 atom stereocenters. The molecule has 1 saturated heterocycles. The molecular formula is C17H22N4O2. The Morgan fingerprint density at radius 1 is 1.13 bits per heavy atom. The first-order valence-electron chi connectivity index (χ1n) is 7.98. The molecule has 1 aromatic heterocycles. The monoisotopic (exact) mass is 314 g/mol. The number of aromatic nitrogens is 1. The standard InChI is InChI=1S/C17H22N4O2/c1-18-7-6-16(22)20-8-10-21(11-9-20)17(23)15-12-13-4-2-3-5-14(13)19-15/h2-5,12,18-19H,6-11H2,1H3. The van der Waals surface area contributed by atoms with Crippen molar-refractivity contribution in [1.29, 1.82) is 0 Å². The van der Waals surface area contributed by atoms with Crippen LogP contribution in [0.1, 0.15) is 16.9 Å². The van der Waals surface area contributed by atoms with Crippen molar-refractivity contribution >= 4 is 22.7 Å². The fourth-order valence-electron chi connectivity index (χ4n) is 2.91. The van der Waals surface area contributed by atoms with Crippen LogP contribution >= 0.6 is 0 Å². The van der Waals surface area contributed by atoms with Gasteiger partial charge in [0, 0.05) is 50.0 Å². The Kier molecular flexibility index (Phi) is 4.62. The fourth-order valence-corrected chi connectivity index (χ4v) is 2.91. The summed E-state index contributed by atoms with van der Waals surface area (Å²) in [6, 6.07) is 9.75. The number of rotatable bonds is 4. The second-order valence-corrected chi connectivity index (χ2v) is 5.80. The molecule has 0 aliphatic carbocycles. The smallest absolute Gasteiger partial charge is 0.270 e. The highest BCUT2D eigenvalue weighted by molar-refractivity contribution is 5.98. The van der Waals surface area contributed by atoms with Crippen molar-refractivity contribution in [3.05, 3.63) is 36.0 Å². The van der Waals surface area contributed by atoms with Crippen LogP contribution in [0, 0.1) is 0 Å². The molecular weight excluding hydrogens is 292 g/mol. The molecule has 0 radical (unpaired) electrons. The van der Waals surface area contributed by atoms with Gasteiger partial charge in [0.2, 0.25) is 5.91 Å². The van der Waals surface area contributed by atoms with E-state index in [1.54, 1.807) is 0 Å². The van der Waals surface area contributed by atoms with Crippen molar-refractivity contribution in [3.8, 4) is 0 Å². The van der Waals surface area contributed by atoms with Gasteiger partial charge in [-0.05, 0) is 19.2 Å². The third-order valence-corrected chi connectivity index (χ3v) is 4.27. The predicted molar refractivity (Wildman–Crippen MR) is 89.3 cm³/mol. The molecule has 2 aromatic rings. The van der Waals surface area contributed by atoms with Gasteiger partial charge in [-0.25, -0.2) is 0 Å². The van der Waals surface area contributed by atoms with Gasteiger partial charge in [0.15, 0.2) is 0 Å². The molecule has 1 aromatic carbocycles. The minimum absolute atomic E-state index is 0.00326. The number of piperazine rings is 1. The van der Waals surface area contributed by atoms with E-state index < -0.39 is 0 Å². The third kappa shape index (κ3) is 3.37. The first kappa shape index (κ1) is 15.6. The number of para-hydroxylation sites is 1. The summed E-state index contributed by atoms with van der Waals surface area (Å²) in [6.07, 6.45) is 0.506.